The summed E-state index contributed by atoms with van der Waals surface area (Å²) in [6.45, 7) is 4.32. The van der Waals surface area contributed by atoms with E-state index in [2.05, 4.69) is 21.6 Å². The van der Waals surface area contributed by atoms with Crippen LogP contribution in [0.1, 0.15) is 5.69 Å². The predicted molar refractivity (Wildman–Crippen MR) is 73.6 cm³/mol. The zero-order valence-electron chi connectivity index (χ0n) is 9.98. The quantitative estimate of drug-likeness (QED) is 0.456. The normalized spacial score (nSPS) is 10.4. The topological polar surface area (TPSA) is 41.4 Å². The molecule has 90 valence electrons. The maximum absolute atomic E-state index is 4.37. The molecule has 0 bridgehead atoms. The van der Waals surface area contributed by atoms with Crippen molar-refractivity contribution in [2.24, 2.45) is 5.10 Å². The third kappa shape index (κ3) is 3.25. The molecule has 0 aliphatic carbocycles. The van der Waals surface area contributed by atoms with Crippen LogP contribution in [-0.2, 0) is 0 Å². The molecule has 4 nitrogen and oxygen atoms in total. The second-order valence-electron chi connectivity index (χ2n) is 3.56. The summed E-state index contributed by atoms with van der Waals surface area (Å²) in [5.74, 6) is 0.782. The van der Waals surface area contributed by atoms with E-state index in [1.165, 1.54) is 0 Å². The second kappa shape index (κ2) is 6.30. The van der Waals surface area contributed by atoms with Gasteiger partial charge in [0, 0.05) is 12.4 Å². The van der Waals surface area contributed by atoms with E-state index < -0.39 is 0 Å². The maximum Gasteiger partial charge on any atom is 0.148 e. The summed E-state index contributed by atoms with van der Waals surface area (Å²) in [5, 5.41) is 6.13. The standard InChI is InChI=1S/C14H14N4/c1-2-11-18(14-8-4-6-10-16-14)17-12-13-7-3-5-9-15-13/h2-10,12H,1,11H2/b17-12+. The fraction of sp³-hybridized carbons (Fsp3) is 0.0714. The van der Waals surface area contributed by atoms with Crippen LogP contribution in [0.2, 0.25) is 0 Å². The van der Waals surface area contributed by atoms with Gasteiger partial charge in [0.25, 0.3) is 0 Å². The number of anilines is 1. The lowest BCUT2D eigenvalue weighted by Gasteiger charge is -2.15. The van der Waals surface area contributed by atoms with E-state index in [1.54, 1.807) is 29.7 Å². The minimum Gasteiger partial charge on any atom is -0.255 e. The molecular weight excluding hydrogens is 224 g/mol. The number of hydrazone groups is 1. The van der Waals surface area contributed by atoms with Crippen molar-refractivity contribution in [3.63, 3.8) is 0 Å². The van der Waals surface area contributed by atoms with Crippen molar-refractivity contribution in [2.45, 2.75) is 0 Å². The largest absolute Gasteiger partial charge is 0.255 e. The summed E-state index contributed by atoms with van der Waals surface area (Å²) in [6.07, 6.45) is 6.96. The van der Waals surface area contributed by atoms with Crippen LogP contribution in [0.5, 0.6) is 0 Å². The zero-order valence-corrected chi connectivity index (χ0v) is 9.98. The van der Waals surface area contributed by atoms with Crippen molar-refractivity contribution in [1.82, 2.24) is 9.97 Å². The average Bonchev–Trinajstić information content (AvgIpc) is 2.45. The lowest BCUT2D eigenvalue weighted by Crippen LogP contribution is -2.17. The first-order valence-electron chi connectivity index (χ1n) is 5.64. The third-order valence-electron chi connectivity index (χ3n) is 2.23. The van der Waals surface area contributed by atoms with E-state index >= 15 is 0 Å². The molecule has 0 saturated heterocycles. The Morgan fingerprint density at radius 2 is 1.89 bits per heavy atom. The van der Waals surface area contributed by atoms with Crippen LogP contribution in [0.15, 0.2) is 66.5 Å². The maximum atomic E-state index is 4.37. The van der Waals surface area contributed by atoms with Gasteiger partial charge in [0.15, 0.2) is 0 Å². The second-order valence-corrected chi connectivity index (χ2v) is 3.56. The molecule has 2 aromatic rings. The van der Waals surface area contributed by atoms with Gasteiger partial charge in [-0.25, -0.2) is 9.99 Å². The molecule has 18 heavy (non-hydrogen) atoms. The highest BCUT2D eigenvalue weighted by Crippen LogP contribution is 2.09. The SMILES string of the molecule is C=CCN(/N=C/c1ccccn1)c1ccccn1. The van der Waals surface area contributed by atoms with E-state index in [4.69, 9.17) is 0 Å². The molecule has 0 spiro atoms. The Morgan fingerprint density at radius 3 is 2.50 bits per heavy atom. The zero-order chi connectivity index (χ0) is 12.6. The molecule has 0 aromatic carbocycles. The fourth-order valence-corrected chi connectivity index (χ4v) is 1.41. The van der Waals surface area contributed by atoms with Gasteiger partial charge in [-0.3, -0.25) is 4.98 Å². The van der Waals surface area contributed by atoms with Crippen LogP contribution in [0.3, 0.4) is 0 Å². The van der Waals surface area contributed by atoms with Crippen molar-refractivity contribution < 1.29 is 0 Å². The first-order chi connectivity index (χ1) is 8.90. The van der Waals surface area contributed by atoms with Crippen molar-refractivity contribution in [2.75, 3.05) is 11.6 Å². The summed E-state index contributed by atoms with van der Waals surface area (Å²) in [5.41, 5.74) is 0.808. The van der Waals surface area contributed by atoms with Crippen molar-refractivity contribution in [1.29, 1.82) is 0 Å². The highest BCUT2D eigenvalue weighted by molar-refractivity contribution is 5.77. The first kappa shape index (κ1) is 12.0. The molecule has 0 N–H and O–H groups in total. The van der Waals surface area contributed by atoms with Crippen LogP contribution < -0.4 is 5.01 Å². The lowest BCUT2D eigenvalue weighted by molar-refractivity contribution is 0.916. The Labute approximate surface area is 106 Å². The number of pyridine rings is 2. The molecule has 0 aliphatic rings. The molecule has 0 radical (unpaired) electrons. The van der Waals surface area contributed by atoms with Gasteiger partial charge in [-0.1, -0.05) is 18.2 Å². The molecule has 2 rings (SSSR count). The van der Waals surface area contributed by atoms with Crippen LogP contribution in [0.25, 0.3) is 0 Å². The highest BCUT2D eigenvalue weighted by Gasteiger charge is 2.02. The van der Waals surface area contributed by atoms with Crippen LogP contribution in [0.4, 0.5) is 5.82 Å². The molecule has 4 heteroatoms. The Morgan fingerprint density at radius 1 is 1.11 bits per heavy atom. The van der Waals surface area contributed by atoms with Crippen molar-refractivity contribution >= 4 is 12.0 Å². The van der Waals surface area contributed by atoms with Gasteiger partial charge in [-0.2, -0.15) is 5.10 Å². The molecule has 2 aromatic heterocycles. The van der Waals surface area contributed by atoms with Crippen LogP contribution in [0, 0.1) is 0 Å². The Bertz CT molecular complexity index is 508. The van der Waals surface area contributed by atoms with Crippen LogP contribution in [-0.4, -0.2) is 22.7 Å². The molecule has 0 amide bonds. The molecule has 0 atom stereocenters. The summed E-state index contributed by atoms with van der Waals surface area (Å²) in [6, 6.07) is 11.4. The molecule has 0 fully saturated rings. The van der Waals surface area contributed by atoms with E-state index in [1.807, 2.05) is 36.4 Å². The fourth-order valence-electron chi connectivity index (χ4n) is 1.41. The van der Waals surface area contributed by atoms with Crippen molar-refractivity contribution in [3.8, 4) is 0 Å². The van der Waals surface area contributed by atoms with Crippen LogP contribution >= 0.6 is 0 Å². The van der Waals surface area contributed by atoms with Gasteiger partial charge in [0.2, 0.25) is 0 Å². The van der Waals surface area contributed by atoms with Crippen molar-refractivity contribution in [3.05, 3.63) is 67.1 Å². The van der Waals surface area contributed by atoms with Gasteiger partial charge in [0.1, 0.15) is 5.82 Å². The smallest absolute Gasteiger partial charge is 0.148 e. The van der Waals surface area contributed by atoms with E-state index in [-0.39, 0.29) is 0 Å². The number of hydrogen-bond acceptors (Lipinski definition) is 4. The number of aromatic nitrogens is 2. The van der Waals surface area contributed by atoms with E-state index in [0.717, 1.165) is 11.5 Å². The summed E-state index contributed by atoms with van der Waals surface area (Å²) >= 11 is 0. The minimum absolute atomic E-state index is 0.598. The average molecular weight is 238 g/mol. The number of nitrogens with zero attached hydrogens (tertiary/aromatic N) is 4. The Balaban J connectivity index is 2.17. The minimum atomic E-state index is 0.598. The predicted octanol–water partition coefficient (Wildman–Crippen LogP) is 2.50. The monoisotopic (exact) mass is 238 g/mol. The summed E-state index contributed by atoms with van der Waals surface area (Å²) in [7, 11) is 0. The molecule has 0 unspecified atom stereocenters. The highest BCUT2D eigenvalue weighted by atomic mass is 15.5. The van der Waals surface area contributed by atoms with E-state index in [0.29, 0.717) is 6.54 Å². The lowest BCUT2D eigenvalue weighted by atomic mass is 10.4. The Hall–Kier alpha value is -2.49. The van der Waals surface area contributed by atoms with E-state index in [9.17, 15) is 0 Å². The number of rotatable bonds is 5. The summed E-state index contributed by atoms with van der Waals surface area (Å²) in [4.78, 5) is 8.44. The van der Waals surface area contributed by atoms with Gasteiger partial charge in [-0.15, -0.1) is 6.58 Å². The van der Waals surface area contributed by atoms with Gasteiger partial charge < -0.3 is 0 Å². The van der Waals surface area contributed by atoms with Gasteiger partial charge in [0.05, 0.1) is 18.5 Å². The Kier molecular flexibility index (Phi) is 4.19. The molecular formula is C14H14N4. The van der Waals surface area contributed by atoms with Gasteiger partial charge >= 0.3 is 0 Å². The van der Waals surface area contributed by atoms with Gasteiger partial charge in [-0.05, 0) is 24.3 Å². The summed E-state index contributed by atoms with van der Waals surface area (Å²) < 4.78 is 0. The molecule has 0 saturated carbocycles. The third-order valence-corrected chi connectivity index (χ3v) is 2.23. The number of hydrogen-bond donors (Lipinski definition) is 0. The molecule has 0 aliphatic heterocycles. The first-order valence-corrected chi connectivity index (χ1v) is 5.64. The molecule has 2 heterocycles.